The van der Waals surface area contributed by atoms with E-state index in [2.05, 4.69) is 44.5 Å². The Morgan fingerprint density at radius 2 is 1.56 bits per heavy atom. The number of fused-ring (bicyclic) bond motifs is 4. The third-order valence-corrected chi connectivity index (χ3v) is 8.84. The van der Waals surface area contributed by atoms with Crippen LogP contribution in [0.5, 0.6) is 17.4 Å². The number of hydrogen-bond acceptors (Lipinski definition) is 5. The Morgan fingerprint density at radius 1 is 0.829 bits per heavy atom. The molecule has 0 radical (unpaired) electrons. The minimum absolute atomic E-state index is 0.100. The molecule has 5 heteroatoms. The molecule has 4 aromatic carbocycles. The number of ether oxygens (including phenoxy) is 1. The molecular weight excluding hydrogens is 506 g/mol. The summed E-state index contributed by atoms with van der Waals surface area (Å²) in [4.78, 5) is 12.0. The fourth-order valence-electron chi connectivity index (χ4n) is 6.29. The van der Waals surface area contributed by atoms with Crippen molar-refractivity contribution in [2.45, 2.75) is 53.1 Å². The number of rotatable bonds is 4. The summed E-state index contributed by atoms with van der Waals surface area (Å²) in [6.07, 6.45) is -1.62. The van der Waals surface area contributed by atoms with E-state index in [1.54, 1.807) is 18.2 Å². The molecule has 1 aliphatic carbocycles. The number of para-hydroxylation sites is 1. The Morgan fingerprint density at radius 3 is 2.37 bits per heavy atom. The summed E-state index contributed by atoms with van der Waals surface area (Å²) >= 11 is 0. The second kappa shape index (κ2) is 9.48. The number of hydrogen-bond donors (Lipinski definition) is 1. The Balaban J connectivity index is 1.37. The van der Waals surface area contributed by atoms with Gasteiger partial charge in [-0.2, -0.15) is 0 Å². The van der Waals surface area contributed by atoms with Crippen LogP contribution in [-0.2, 0) is 6.37 Å². The van der Waals surface area contributed by atoms with E-state index < -0.39 is 12.4 Å². The molecule has 0 spiro atoms. The molecule has 5 aromatic rings. The van der Waals surface area contributed by atoms with Gasteiger partial charge in [0.2, 0.25) is 5.88 Å². The van der Waals surface area contributed by atoms with Crippen molar-refractivity contribution in [3.8, 4) is 17.4 Å². The Hall–Kier alpha value is -4.64. The number of aromatic nitrogens is 1. The predicted molar refractivity (Wildman–Crippen MR) is 166 cm³/mol. The van der Waals surface area contributed by atoms with Gasteiger partial charge in [-0.1, -0.05) is 48.5 Å². The van der Waals surface area contributed by atoms with Crippen LogP contribution in [0.2, 0.25) is 0 Å². The third-order valence-electron chi connectivity index (χ3n) is 8.84. The average Bonchev–Trinajstić information content (AvgIpc) is 3.50. The first-order valence-electron chi connectivity index (χ1n) is 15.0. The van der Waals surface area contributed by atoms with Gasteiger partial charge in [0.25, 0.3) is 0 Å². The van der Waals surface area contributed by atoms with E-state index in [4.69, 9.17) is 9.73 Å². The second-order valence-corrected chi connectivity index (χ2v) is 11.0. The van der Waals surface area contributed by atoms with Crippen LogP contribution in [0.25, 0.3) is 10.9 Å². The van der Waals surface area contributed by atoms with E-state index in [0.29, 0.717) is 22.7 Å². The SMILES string of the molecule is [2H]C1([2H])c2ccccc2[C@@H]2[C@H]1N=C(c1cccc(Oc3ccc4cccc(O)c4n3)c1)N2c1c(C)c(C)c(C)c(C)c1C. The summed E-state index contributed by atoms with van der Waals surface area (Å²) in [7, 11) is 0. The molecule has 0 amide bonds. The van der Waals surface area contributed by atoms with Crippen molar-refractivity contribution in [3.05, 3.63) is 123 Å². The van der Waals surface area contributed by atoms with E-state index in [1.165, 1.54) is 27.8 Å². The van der Waals surface area contributed by atoms with Crippen LogP contribution < -0.4 is 9.64 Å². The van der Waals surface area contributed by atoms with Gasteiger partial charge in [0, 0.05) is 25.4 Å². The van der Waals surface area contributed by atoms with Crippen LogP contribution in [0.3, 0.4) is 0 Å². The van der Waals surface area contributed by atoms with Crippen molar-refractivity contribution in [2.75, 3.05) is 4.90 Å². The molecule has 0 bridgehead atoms. The standard InChI is InChI=1S/C36H33N3O2/c1-20-21(2)23(4)34(24(5)22(20)3)39-35-29-14-7-6-10-26(29)19-30(35)37-36(39)27-12-8-13-28(18-27)41-32-17-16-25-11-9-15-31(40)33(25)38-32/h6-18,30,35,40H,19H2,1-5H3/t30-,35+/m0/s1/i19D2. The molecule has 5 nitrogen and oxygen atoms in total. The highest BCUT2D eigenvalue weighted by Gasteiger charge is 2.45. The summed E-state index contributed by atoms with van der Waals surface area (Å²) in [5.41, 5.74) is 10.2. The zero-order valence-electron chi connectivity index (χ0n) is 25.9. The van der Waals surface area contributed by atoms with Crippen molar-refractivity contribution < 1.29 is 12.6 Å². The molecule has 0 saturated heterocycles. The maximum Gasteiger partial charge on any atom is 0.219 e. The molecule has 41 heavy (non-hydrogen) atoms. The summed E-state index contributed by atoms with van der Waals surface area (Å²) < 4.78 is 24.6. The maximum absolute atomic E-state index is 10.3. The van der Waals surface area contributed by atoms with Crippen molar-refractivity contribution >= 4 is 22.4 Å². The number of anilines is 1. The normalized spacial score (nSPS) is 19.4. The number of benzene rings is 4. The molecule has 1 aromatic heterocycles. The smallest absolute Gasteiger partial charge is 0.219 e. The molecular formula is C36H33N3O2. The first-order valence-corrected chi connectivity index (χ1v) is 14.0. The van der Waals surface area contributed by atoms with Gasteiger partial charge < -0.3 is 14.7 Å². The van der Waals surface area contributed by atoms with Gasteiger partial charge in [0.15, 0.2) is 0 Å². The molecule has 2 heterocycles. The summed E-state index contributed by atoms with van der Waals surface area (Å²) in [5, 5.41) is 11.1. The van der Waals surface area contributed by atoms with Gasteiger partial charge in [-0.3, -0.25) is 4.99 Å². The lowest BCUT2D eigenvalue weighted by Gasteiger charge is -2.33. The van der Waals surface area contributed by atoms with Crippen LogP contribution >= 0.6 is 0 Å². The van der Waals surface area contributed by atoms with Gasteiger partial charge in [-0.15, -0.1) is 0 Å². The Kier molecular flexibility index (Phi) is 5.34. The zero-order chi connectivity index (χ0) is 30.2. The highest BCUT2D eigenvalue weighted by atomic mass is 16.5. The summed E-state index contributed by atoms with van der Waals surface area (Å²) in [5.74, 6) is 1.77. The van der Waals surface area contributed by atoms with E-state index in [1.807, 2.05) is 60.7 Å². The van der Waals surface area contributed by atoms with Crippen molar-refractivity contribution in [3.63, 3.8) is 0 Å². The van der Waals surface area contributed by atoms with Crippen LogP contribution in [0.1, 0.15) is 53.3 Å². The van der Waals surface area contributed by atoms with Gasteiger partial charge in [-0.25, -0.2) is 4.98 Å². The van der Waals surface area contributed by atoms with E-state index in [0.717, 1.165) is 28.0 Å². The van der Waals surface area contributed by atoms with Gasteiger partial charge in [-0.05, 0) is 104 Å². The maximum atomic E-state index is 10.3. The van der Waals surface area contributed by atoms with E-state index >= 15 is 0 Å². The van der Waals surface area contributed by atoms with Crippen LogP contribution in [0, 0.1) is 34.6 Å². The number of phenols is 1. The number of aliphatic imine (C=N–C) groups is 1. The van der Waals surface area contributed by atoms with Crippen LogP contribution in [0.4, 0.5) is 5.69 Å². The zero-order valence-corrected chi connectivity index (χ0v) is 23.9. The van der Waals surface area contributed by atoms with Crippen LogP contribution in [-0.4, -0.2) is 22.0 Å². The largest absolute Gasteiger partial charge is 0.506 e. The van der Waals surface area contributed by atoms with Gasteiger partial charge in [0.1, 0.15) is 22.9 Å². The first-order chi connectivity index (χ1) is 20.6. The summed E-state index contributed by atoms with van der Waals surface area (Å²) in [6.45, 7) is 10.8. The predicted octanol–water partition coefficient (Wildman–Crippen LogP) is 8.21. The lowest BCUT2D eigenvalue weighted by Crippen LogP contribution is -2.34. The molecule has 1 aliphatic heterocycles. The fourth-order valence-corrected chi connectivity index (χ4v) is 6.29. The second-order valence-electron chi connectivity index (χ2n) is 11.0. The number of pyridine rings is 1. The summed E-state index contributed by atoms with van der Waals surface area (Å²) in [6, 6.07) is 23.6. The highest BCUT2D eigenvalue weighted by molar-refractivity contribution is 6.13. The van der Waals surface area contributed by atoms with E-state index in [-0.39, 0.29) is 11.8 Å². The molecule has 7 rings (SSSR count). The first kappa shape index (κ1) is 23.1. The molecule has 0 saturated carbocycles. The Labute approximate surface area is 243 Å². The highest BCUT2D eigenvalue weighted by Crippen LogP contribution is 2.48. The topological polar surface area (TPSA) is 58.0 Å². The van der Waals surface area contributed by atoms with Crippen molar-refractivity contribution in [1.82, 2.24) is 4.98 Å². The molecule has 0 fully saturated rings. The van der Waals surface area contributed by atoms with E-state index in [9.17, 15) is 7.85 Å². The van der Waals surface area contributed by atoms with Gasteiger partial charge >= 0.3 is 0 Å². The minimum atomic E-state index is -1.62. The number of aromatic hydroxyl groups is 1. The number of amidine groups is 1. The lowest BCUT2D eigenvalue weighted by molar-refractivity contribution is 0.460. The number of phenolic OH excluding ortho intramolecular Hbond substituents is 1. The molecule has 204 valence electrons. The average molecular weight is 542 g/mol. The number of nitrogens with zero attached hydrogens (tertiary/aromatic N) is 3. The molecule has 2 atom stereocenters. The molecule has 2 aliphatic rings. The third kappa shape index (κ3) is 3.99. The fraction of sp³-hybridized carbons (Fsp3) is 0.222. The van der Waals surface area contributed by atoms with Crippen LogP contribution in [0.15, 0.2) is 83.9 Å². The quantitative estimate of drug-likeness (QED) is 0.249. The van der Waals surface area contributed by atoms with Gasteiger partial charge in [0.05, 0.1) is 12.1 Å². The Bertz CT molecular complexity index is 1950. The minimum Gasteiger partial charge on any atom is -0.506 e. The van der Waals surface area contributed by atoms with Crippen molar-refractivity contribution in [1.29, 1.82) is 0 Å². The molecule has 1 N–H and O–H groups in total. The molecule has 0 unspecified atom stereocenters. The van der Waals surface area contributed by atoms with Crippen molar-refractivity contribution in [2.24, 2.45) is 4.99 Å². The monoisotopic (exact) mass is 541 g/mol. The lowest BCUT2D eigenvalue weighted by atomic mass is 9.91.